The van der Waals surface area contributed by atoms with Gasteiger partial charge in [-0.15, -0.1) is 0 Å². The molecular weight excluding hydrogens is 447 g/mol. The average molecular weight is 460 g/mol. The summed E-state index contributed by atoms with van der Waals surface area (Å²) >= 11 is -1.17. The van der Waals surface area contributed by atoms with Crippen LogP contribution in [-0.4, -0.2) is 37.8 Å². The SMILES string of the molecule is N#Cc1cccc(C[C]2=C3c4cccc[c]4[In]2[CH]3C2SC(=O)NC2=O)c1. The van der Waals surface area contributed by atoms with Crippen LogP contribution in [0.4, 0.5) is 4.79 Å². The number of amides is 2. The number of hydrogen-bond donors (Lipinski definition) is 1. The third-order valence-electron chi connectivity index (χ3n) is 5.49. The van der Waals surface area contributed by atoms with Crippen LogP contribution in [0.15, 0.2) is 51.9 Å². The first kappa shape index (κ1) is 16.2. The van der Waals surface area contributed by atoms with Crippen molar-refractivity contribution >= 4 is 53.2 Å². The number of carbonyl (C=O) groups excluding carboxylic acids is 2. The fraction of sp³-hybridized carbons (Fsp3) is 0.150. The third-order valence-corrected chi connectivity index (χ3v) is 18.4. The first-order chi connectivity index (χ1) is 12.7. The molecule has 0 spiro atoms. The maximum atomic E-state index is 12.3. The van der Waals surface area contributed by atoms with Crippen molar-refractivity contribution in [2.75, 3.05) is 0 Å². The maximum absolute atomic E-state index is 12.3. The Morgan fingerprint density at radius 1 is 1.15 bits per heavy atom. The molecule has 4 aliphatic rings. The molecule has 4 nitrogen and oxygen atoms in total. The van der Waals surface area contributed by atoms with E-state index in [-0.39, 0.29) is 20.1 Å². The number of thioether (sulfide) groups is 1. The van der Waals surface area contributed by atoms with E-state index in [9.17, 15) is 9.59 Å². The molecule has 0 radical (unpaired) electrons. The predicted molar refractivity (Wildman–Crippen MR) is 102 cm³/mol. The van der Waals surface area contributed by atoms with Crippen LogP contribution in [0.1, 0.15) is 16.7 Å². The zero-order valence-corrected chi connectivity index (χ0v) is 17.8. The molecule has 1 fully saturated rings. The van der Waals surface area contributed by atoms with Crippen LogP contribution >= 0.6 is 11.8 Å². The molecule has 6 rings (SSSR count). The minimum absolute atomic E-state index is 0.123. The molecule has 6 heteroatoms. The summed E-state index contributed by atoms with van der Waals surface area (Å²) in [5, 5.41) is 11.1. The fourth-order valence-corrected chi connectivity index (χ4v) is 19.1. The van der Waals surface area contributed by atoms with Crippen molar-refractivity contribution in [3.63, 3.8) is 0 Å². The number of carbonyl (C=O) groups is 2. The van der Waals surface area contributed by atoms with Crippen molar-refractivity contribution < 1.29 is 9.59 Å². The van der Waals surface area contributed by atoms with E-state index in [1.165, 1.54) is 29.5 Å². The summed E-state index contributed by atoms with van der Waals surface area (Å²) in [5.41, 5.74) is 4.45. The molecule has 2 aromatic carbocycles. The summed E-state index contributed by atoms with van der Waals surface area (Å²) in [7, 11) is 0. The van der Waals surface area contributed by atoms with Gasteiger partial charge in [0.25, 0.3) is 0 Å². The number of nitriles is 1. The molecular formula is C20H13InN2O2S. The van der Waals surface area contributed by atoms with Gasteiger partial charge in [0, 0.05) is 0 Å². The molecule has 26 heavy (non-hydrogen) atoms. The van der Waals surface area contributed by atoms with E-state index in [0.29, 0.717) is 5.56 Å². The molecule has 0 saturated carbocycles. The summed E-state index contributed by atoms with van der Waals surface area (Å²) in [6.07, 6.45) is 0.865. The number of allylic oxidation sites excluding steroid dienone is 2. The molecule has 0 aliphatic carbocycles. The number of hydrogen-bond acceptors (Lipinski definition) is 4. The Balaban J connectivity index is 1.54. The van der Waals surface area contributed by atoms with Gasteiger partial charge >= 0.3 is 163 Å². The van der Waals surface area contributed by atoms with Gasteiger partial charge in [-0.1, -0.05) is 0 Å². The van der Waals surface area contributed by atoms with Gasteiger partial charge in [0.1, 0.15) is 0 Å². The molecule has 2 amide bonds. The Hall–Kier alpha value is -1.97. The first-order valence-electron chi connectivity index (χ1n) is 8.50. The van der Waals surface area contributed by atoms with Crippen LogP contribution in [0.3, 0.4) is 0 Å². The number of nitrogens with zero attached hydrogens (tertiary/aromatic N) is 1. The molecule has 4 heterocycles. The van der Waals surface area contributed by atoms with Crippen LogP contribution < -0.4 is 8.64 Å². The van der Waals surface area contributed by atoms with Crippen molar-refractivity contribution in [2.24, 2.45) is 0 Å². The van der Waals surface area contributed by atoms with E-state index >= 15 is 0 Å². The van der Waals surface area contributed by atoms with E-state index in [1.54, 1.807) is 0 Å². The Bertz CT molecular complexity index is 1060. The van der Waals surface area contributed by atoms with E-state index < -0.39 is 21.4 Å². The second-order valence-electron chi connectivity index (χ2n) is 6.83. The molecule has 2 unspecified atom stereocenters. The van der Waals surface area contributed by atoms with E-state index in [2.05, 4.69) is 41.7 Å². The van der Waals surface area contributed by atoms with E-state index in [4.69, 9.17) is 5.26 Å². The van der Waals surface area contributed by atoms with Crippen LogP contribution in [-0.2, 0) is 11.2 Å². The van der Waals surface area contributed by atoms with Crippen LogP contribution in [0.2, 0.25) is 3.67 Å². The topological polar surface area (TPSA) is 70.0 Å². The van der Waals surface area contributed by atoms with Gasteiger partial charge in [-0.2, -0.15) is 0 Å². The van der Waals surface area contributed by atoms with E-state index in [0.717, 1.165) is 12.0 Å². The summed E-state index contributed by atoms with van der Waals surface area (Å²) in [6.45, 7) is 0. The van der Waals surface area contributed by atoms with Gasteiger partial charge in [0.15, 0.2) is 0 Å². The molecule has 1 N–H and O–H groups in total. The summed E-state index contributed by atoms with van der Waals surface area (Å²) in [5.74, 6) is -0.123. The van der Waals surface area contributed by atoms with Gasteiger partial charge in [-0.3, -0.25) is 0 Å². The van der Waals surface area contributed by atoms with Gasteiger partial charge in [-0.05, 0) is 0 Å². The number of benzene rings is 2. The summed E-state index contributed by atoms with van der Waals surface area (Å²) in [4.78, 5) is 23.9. The van der Waals surface area contributed by atoms with Crippen molar-refractivity contribution in [3.8, 4) is 6.07 Å². The normalized spacial score (nSPS) is 22.8. The Morgan fingerprint density at radius 2 is 2.00 bits per heavy atom. The second kappa shape index (κ2) is 6.04. The zero-order chi connectivity index (χ0) is 17.8. The number of imide groups is 1. The molecule has 0 aromatic heterocycles. The summed E-state index contributed by atoms with van der Waals surface area (Å²) < 4.78 is 3.27. The molecule has 124 valence electrons. The number of rotatable bonds is 3. The van der Waals surface area contributed by atoms with Gasteiger partial charge in [0.2, 0.25) is 0 Å². The minimum atomic E-state index is -2.34. The van der Waals surface area contributed by atoms with Crippen molar-refractivity contribution in [1.29, 1.82) is 5.26 Å². The average Bonchev–Trinajstić information content (AvgIpc) is 3.26. The quantitative estimate of drug-likeness (QED) is 0.765. The van der Waals surface area contributed by atoms with Gasteiger partial charge in [-0.25, -0.2) is 0 Å². The van der Waals surface area contributed by atoms with Gasteiger partial charge < -0.3 is 0 Å². The molecule has 1 saturated heterocycles. The predicted octanol–water partition coefficient (Wildman–Crippen LogP) is 2.54. The third kappa shape index (κ3) is 2.30. The first-order valence-corrected chi connectivity index (χ1v) is 14.6. The van der Waals surface area contributed by atoms with Crippen molar-refractivity contribution in [2.45, 2.75) is 15.3 Å². The Kier molecular flexibility index (Phi) is 3.77. The second-order valence-corrected chi connectivity index (χ2v) is 16.5. The Labute approximate surface area is 162 Å². The van der Waals surface area contributed by atoms with Crippen molar-refractivity contribution in [3.05, 3.63) is 68.6 Å². The fourth-order valence-electron chi connectivity index (χ4n) is 4.52. The molecule has 2 atom stereocenters. The monoisotopic (exact) mass is 460 g/mol. The van der Waals surface area contributed by atoms with Crippen LogP contribution in [0.5, 0.6) is 0 Å². The molecule has 4 aliphatic heterocycles. The zero-order valence-electron chi connectivity index (χ0n) is 13.7. The van der Waals surface area contributed by atoms with Crippen molar-refractivity contribution in [1.82, 2.24) is 5.32 Å². The molecule has 2 bridgehead atoms. The molecule has 2 aromatic rings. The summed E-state index contributed by atoms with van der Waals surface area (Å²) in [6, 6.07) is 18.5. The van der Waals surface area contributed by atoms with Crippen LogP contribution in [0, 0.1) is 11.3 Å². The number of nitrogens with one attached hydrogen (secondary N) is 1. The standard InChI is InChI=1S/C20H13N2O2S.In/c21-13-15-6-4-5-14(11-15)9-10-17(16-7-2-1-3-8-16)12-18-19(23)22-20(24)25-18;/h1-7,11-12,18H,9H2,(H,22,23,24);. The Morgan fingerprint density at radius 3 is 2.73 bits per heavy atom. The van der Waals surface area contributed by atoms with Gasteiger partial charge in [0.05, 0.1) is 0 Å². The van der Waals surface area contributed by atoms with E-state index in [1.807, 2.05) is 18.2 Å². The van der Waals surface area contributed by atoms with Crippen LogP contribution in [0.25, 0.3) is 5.57 Å².